The van der Waals surface area contributed by atoms with Crippen molar-refractivity contribution in [3.8, 4) is 0 Å². The van der Waals surface area contributed by atoms with E-state index in [0.29, 0.717) is 18.7 Å². The first-order valence-electron chi connectivity index (χ1n) is 10.7. The van der Waals surface area contributed by atoms with E-state index < -0.39 is 0 Å². The predicted molar refractivity (Wildman–Crippen MR) is 130 cm³/mol. The minimum atomic E-state index is -0.191. The van der Waals surface area contributed by atoms with Crippen molar-refractivity contribution in [2.45, 2.75) is 13.1 Å². The Kier molecular flexibility index (Phi) is 4.58. The molecule has 4 aromatic heterocycles. The molecule has 2 aromatic carbocycles. The molecular formula is C26H20N6O. The Morgan fingerprint density at radius 2 is 1.82 bits per heavy atom. The van der Waals surface area contributed by atoms with E-state index in [-0.39, 0.29) is 5.69 Å². The van der Waals surface area contributed by atoms with Crippen LogP contribution in [0, 0.1) is 0 Å². The maximum Gasteiger partial charge on any atom is 0.328 e. The second kappa shape index (κ2) is 7.87. The van der Waals surface area contributed by atoms with E-state index in [1.165, 1.54) is 0 Å². The second-order valence-electron chi connectivity index (χ2n) is 7.96. The monoisotopic (exact) mass is 432 g/mol. The molecule has 160 valence electrons. The Hall–Kier alpha value is -4.52. The summed E-state index contributed by atoms with van der Waals surface area (Å²) >= 11 is 0. The van der Waals surface area contributed by atoms with Gasteiger partial charge in [-0.2, -0.15) is 0 Å². The van der Waals surface area contributed by atoms with Crippen LogP contribution in [-0.2, 0) is 13.1 Å². The number of pyridine rings is 3. The van der Waals surface area contributed by atoms with Gasteiger partial charge in [-0.15, -0.1) is 0 Å². The van der Waals surface area contributed by atoms with Gasteiger partial charge in [0.15, 0.2) is 5.65 Å². The van der Waals surface area contributed by atoms with Gasteiger partial charge < -0.3 is 5.32 Å². The molecule has 2 N–H and O–H groups in total. The number of aromatic nitrogens is 5. The number of benzene rings is 2. The zero-order valence-corrected chi connectivity index (χ0v) is 17.7. The Labute approximate surface area is 188 Å². The largest absolute Gasteiger partial charge is 0.379 e. The smallest absolute Gasteiger partial charge is 0.328 e. The van der Waals surface area contributed by atoms with Crippen LogP contribution in [0.2, 0.25) is 0 Å². The number of hydrogen-bond donors (Lipinski definition) is 2. The molecule has 0 unspecified atom stereocenters. The topological polar surface area (TPSA) is 88.5 Å². The highest BCUT2D eigenvalue weighted by Crippen LogP contribution is 2.22. The summed E-state index contributed by atoms with van der Waals surface area (Å²) in [4.78, 5) is 29.3. The number of H-pyrrole nitrogens is 1. The van der Waals surface area contributed by atoms with E-state index in [4.69, 9.17) is 4.98 Å². The summed E-state index contributed by atoms with van der Waals surface area (Å²) in [6.45, 7) is 1.01. The van der Waals surface area contributed by atoms with Gasteiger partial charge in [-0.05, 0) is 42.0 Å². The van der Waals surface area contributed by atoms with E-state index in [2.05, 4.69) is 26.3 Å². The minimum absolute atomic E-state index is 0.191. The lowest BCUT2D eigenvalue weighted by Gasteiger charge is -2.09. The van der Waals surface area contributed by atoms with Gasteiger partial charge in [-0.3, -0.25) is 14.5 Å². The molecule has 0 radical (unpaired) electrons. The Morgan fingerprint density at radius 3 is 2.73 bits per heavy atom. The Balaban J connectivity index is 1.37. The summed E-state index contributed by atoms with van der Waals surface area (Å²) in [7, 11) is 0. The van der Waals surface area contributed by atoms with Crippen LogP contribution in [-0.4, -0.2) is 24.5 Å². The molecule has 0 amide bonds. The van der Waals surface area contributed by atoms with Crippen LogP contribution in [0.15, 0.2) is 90.0 Å². The molecule has 4 heterocycles. The third-order valence-electron chi connectivity index (χ3n) is 5.77. The molecule has 6 aromatic rings. The summed E-state index contributed by atoms with van der Waals surface area (Å²) < 4.78 is 1.71. The zero-order chi connectivity index (χ0) is 22.2. The highest BCUT2D eigenvalue weighted by Gasteiger charge is 2.14. The fourth-order valence-electron chi connectivity index (χ4n) is 4.12. The molecule has 0 fully saturated rings. The van der Waals surface area contributed by atoms with E-state index in [1.54, 1.807) is 17.0 Å². The fourth-order valence-corrected chi connectivity index (χ4v) is 4.12. The van der Waals surface area contributed by atoms with E-state index in [0.717, 1.165) is 44.3 Å². The van der Waals surface area contributed by atoms with Crippen molar-refractivity contribution in [2.75, 3.05) is 5.32 Å². The maximum absolute atomic E-state index is 12.7. The molecule has 33 heavy (non-hydrogen) atoms. The Bertz CT molecular complexity index is 1670. The molecule has 7 heteroatoms. The van der Waals surface area contributed by atoms with Gasteiger partial charge in [0, 0.05) is 28.9 Å². The van der Waals surface area contributed by atoms with Gasteiger partial charge in [-0.1, -0.05) is 36.4 Å². The highest BCUT2D eigenvalue weighted by molar-refractivity contribution is 5.99. The lowest BCUT2D eigenvalue weighted by Crippen LogP contribution is -2.17. The molecule has 0 aliphatic carbocycles. The third-order valence-corrected chi connectivity index (χ3v) is 5.77. The zero-order valence-electron chi connectivity index (χ0n) is 17.7. The van der Waals surface area contributed by atoms with Crippen LogP contribution in [0.4, 0.5) is 5.69 Å². The van der Waals surface area contributed by atoms with Crippen molar-refractivity contribution in [3.63, 3.8) is 0 Å². The number of nitrogens with zero attached hydrogens (tertiary/aromatic N) is 4. The van der Waals surface area contributed by atoms with Gasteiger partial charge >= 0.3 is 5.69 Å². The average Bonchev–Trinajstić information content (AvgIpc) is 3.18. The molecule has 0 aliphatic heterocycles. The van der Waals surface area contributed by atoms with Crippen LogP contribution in [0.3, 0.4) is 0 Å². The van der Waals surface area contributed by atoms with Crippen molar-refractivity contribution < 1.29 is 0 Å². The third kappa shape index (κ3) is 3.59. The lowest BCUT2D eigenvalue weighted by molar-refractivity contribution is 0.788. The average molecular weight is 432 g/mol. The van der Waals surface area contributed by atoms with Crippen LogP contribution in [0.5, 0.6) is 0 Å². The Morgan fingerprint density at radius 1 is 0.909 bits per heavy atom. The first-order chi connectivity index (χ1) is 16.2. The summed E-state index contributed by atoms with van der Waals surface area (Å²) in [6, 6.07) is 24.0. The van der Waals surface area contributed by atoms with Crippen LogP contribution in [0.25, 0.3) is 33.0 Å². The van der Waals surface area contributed by atoms with Gasteiger partial charge in [0.25, 0.3) is 0 Å². The molecule has 0 aliphatic rings. The second-order valence-corrected chi connectivity index (χ2v) is 7.96. The van der Waals surface area contributed by atoms with E-state index in [1.807, 2.05) is 66.7 Å². The quantitative estimate of drug-likeness (QED) is 0.419. The molecule has 0 bridgehead atoms. The summed E-state index contributed by atoms with van der Waals surface area (Å²) in [5, 5.41) is 5.42. The molecule has 6 rings (SSSR count). The molecule has 0 spiro atoms. The molecule has 0 atom stereocenters. The lowest BCUT2D eigenvalue weighted by atomic mass is 10.2. The summed E-state index contributed by atoms with van der Waals surface area (Å²) in [6.07, 6.45) is 3.55. The summed E-state index contributed by atoms with van der Waals surface area (Å²) in [5.41, 5.74) is 5.72. The SMILES string of the molecule is O=c1[nH]c2ncc3ccc(CNc4ccc5ncccc5c4)nc3c2n1Cc1ccccc1. The molecular weight excluding hydrogens is 412 g/mol. The fraction of sp³-hybridized carbons (Fsp3) is 0.0769. The number of hydrogen-bond acceptors (Lipinski definition) is 5. The van der Waals surface area contributed by atoms with Crippen molar-refractivity contribution >= 4 is 38.7 Å². The highest BCUT2D eigenvalue weighted by atomic mass is 16.1. The van der Waals surface area contributed by atoms with Crippen LogP contribution < -0.4 is 11.0 Å². The van der Waals surface area contributed by atoms with Gasteiger partial charge in [0.2, 0.25) is 0 Å². The van der Waals surface area contributed by atoms with Crippen LogP contribution >= 0.6 is 0 Å². The van der Waals surface area contributed by atoms with Gasteiger partial charge in [0.1, 0.15) is 5.52 Å². The molecule has 7 nitrogen and oxygen atoms in total. The van der Waals surface area contributed by atoms with Gasteiger partial charge in [0.05, 0.1) is 29.8 Å². The number of imidazole rings is 1. The normalized spacial score (nSPS) is 11.4. The maximum atomic E-state index is 12.7. The van der Waals surface area contributed by atoms with Crippen LogP contribution in [0.1, 0.15) is 11.3 Å². The van der Waals surface area contributed by atoms with E-state index in [9.17, 15) is 4.79 Å². The molecule has 0 saturated heterocycles. The van der Waals surface area contributed by atoms with Crippen molar-refractivity contribution in [1.29, 1.82) is 0 Å². The number of aromatic amines is 1. The van der Waals surface area contributed by atoms with Crippen molar-refractivity contribution in [1.82, 2.24) is 24.5 Å². The number of anilines is 1. The predicted octanol–water partition coefficient (Wildman–Crippen LogP) is 4.48. The molecule has 0 saturated carbocycles. The number of fused-ring (bicyclic) bond motifs is 4. The first-order valence-corrected chi connectivity index (χ1v) is 10.7. The first kappa shape index (κ1) is 19.2. The summed E-state index contributed by atoms with van der Waals surface area (Å²) in [5.74, 6) is 0. The number of nitrogens with one attached hydrogen (secondary N) is 2. The van der Waals surface area contributed by atoms with Crippen molar-refractivity contribution in [3.05, 3.63) is 107 Å². The van der Waals surface area contributed by atoms with Gasteiger partial charge in [-0.25, -0.2) is 14.8 Å². The van der Waals surface area contributed by atoms with Crippen molar-refractivity contribution in [2.24, 2.45) is 0 Å². The van der Waals surface area contributed by atoms with E-state index >= 15 is 0 Å². The minimum Gasteiger partial charge on any atom is -0.379 e. The standard InChI is InChI=1S/C26H20N6O/c33-26-31-25-24(32(26)16-17-5-2-1-3-6-17)23-19(14-29-25)8-9-21(30-23)15-28-20-10-11-22-18(13-20)7-4-12-27-22/h1-14,28H,15-16H2,(H,29,31,33). The number of rotatable bonds is 5.